The third-order valence-corrected chi connectivity index (χ3v) is 3.74. The number of hydrogen-bond donors (Lipinski definition) is 2. The topological polar surface area (TPSA) is 106 Å². The first-order valence-electron chi connectivity index (χ1n) is 8.80. The molecule has 10 heteroatoms. The van der Waals surface area contributed by atoms with Crippen LogP contribution >= 0.6 is 24.0 Å². The Morgan fingerprint density at radius 1 is 1.26 bits per heavy atom. The maximum absolute atomic E-state index is 5.25. The van der Waals surface area contributed by atoms with Crippen LogP contribution in [-0.2, 0) is 13.0 Å². The van der Waals surface area contributed by atoms with Crippen LogP contribution in [0.4, 0.5) is 0 Å². The van der Waals surface area contributed by atoms with E-state index < -0.39 is 0 Å². The van der Waals surface area contributed by atoms with Gasteiger partial charge in [0.15, 0.2) is 23.3 Å². The zero-order valence-electron chi connectivity index (χ0n) is 15.7. The smallest absolute Gasteiger partial charge is 0.228 e. The number of fused-ring (bicyclic) bond motifs is 1. The normalized spacial score (nSPS) is 11.6. The lowest BCUT2D eigenvalue weighted by Gasteiger charge is -2.09. The van der Waals surface area contributed by atoms with Gasteiger partial charge in [0.1, 0.15) is 6.54 Å². The van der Waals surface area contributed by atoms with Gasteiger partial charge >= 0.3 is 0 Å². The van der Waals surface area contributed by atoms with Gasteiger partial charge in [0.05, 0.1) is 0 Å². The molecule has 0 aliphatic rings. The molecule has 0 aromatic carbocycles. The molecule has 0 fully saturated rings. The Hall–Kier alpha value is -2.24. The van der Waals surface area contributed by atoms with Crippen molar-refractivity contribution in [3.05, 3.63) is 41.9 Å². The highest BCUT2D eigenvalue weighted by molar-refractivity contribution is 14.0. The van der Waals surface area contributed by atoms with Gasteiger partial charge < -0.3 is 15.2 Å². The molecule has 0 amide bonds. The summed E-state index contributed by atoms with van der Waals surface area (Å²) in [6, 6.07) is 5.80. The molecule has 0 saturated carbocycles. The minimum Gasteiger partial charge on any atom is -0.357 e. The van der Waals surface area contributed by atoms with E-state index in [1.807, 2.05) is 49.6 Å². The van der Waals surface area contributed by atoms with E-state index >= 15 is 0 Å². The predicted molar refractivity (Wildman–Crippen MR) is 113 cm³/mol. The summed E-state index contributed by atoms with van der Waals surface area (Å²) < 4.78 is 7.18. The Morgan fingerprint density at radius 3 is 2.85 bits per heavy atom. The minimum absolute atomic E-state index is 0. The zero-order valence-corrected chi connectivity index (χ0v) is 18.0. The highest BCUT2D eigenvalue weighted by Gasteiger charge is 2.10. The molecule has 9 nitrogen and oxygen atoms in total. The average molecular weight is 484 g/mol. The Kier molecular flexibility index (Phi) is 7.95. The fraction of sp³-hybridized carbons (Fsp3) is 0.471. The SMILES string of the molecule is CCNC(=NCc1nnc2ccccn12)NCCc1nc(C(C)C)no1.I. The molecular weight excluding hydrogens is 459 g/mol. The maximum Gasteiger partial charge on any atom is 0.228 e. The molecule has 0 aliphatic carbocycles. The van der Waals surface area contributed by atoms with Crippen LogP contribution in [0.3, 0.4) is 0 Å². The maximum atomic E-state index is 5.25. The molecule has 0 radical (unpaired) electrons. The fourth-order valence-corrected chi connectivity index (χ4v) is 2.38. The van der Waals surface area contributed by atoms with Crippen molar-refractivity contribution in [3.8, 4) is 0 Å². The van der Waals surface area contributed by atoms with Crippen LogP contribution < -0.4 is 10.6 Å². The van der Waals surface area contributed by atoms with Crippen molar-refractivity contribution in [1.82, 2.24) is 35.4 Å². The van der Waals surface area contributed by atoms with Crippen LogP contribution in [0.15, 0.2) is 33.9 Å². The molecule has 0 saturated heterocycles. The molecule has 0 spiro atoms. The molecular formula is C17H25IN8O. The van der Waals surface area contributed by atoms with Crippen molar-refractivity contribution >= 4 is 35.6 Å². The lowest BCUT2D eigenvalue weighted by molar-refractivity contribution is 0.371. The number of pyridine rings is 1. The lowest BCUT2D eigenvalue weighted by Crippen LogP contribution is -2.38. The molecule has 3 aromatic heterocycles. The number of hydrogen-bond acceptors (Lipinski definition) is 6. The summed E-state index contributed by atoms with van der Waals surface area (Å²) in [5, 5.41) is 18.8. The fourth-order valence-electron chi connectivity index (χ4n) is 2.38. The van der Waals surface area contributed by atoms with Crippen molar-refractivity contribution in [2.45, 2.75) is 39.7 Å². The van der Waals surface area contributed by atoms with Gasteiger partial charge in [0.25, 0.3) is 0 Å². The Balaban J connectivity index is 0.00000261. The quantitative estimate of drug-likeness (QED) is 0.301. The van der Waals surface area contributed by atoms with E-state index in [-0.39, 0.29) is 29.9 Å². The van der Waals surface area contributed by atoms with Crippen LogP contribution in [0.5, 0.6) is 0 Å². The molecule has 0 aliphatic heterocycles. The van der Waals surface area contributed by atoms with Gasteiger partial charge in [-0.3, -0.25) is 4.40 Å². The number of aliphatic imine (C=N–C) groups is 1. The highest BCUT2D eigenvalue weighted by Crippen LogP contribution is 2.09. The molecule has 27 heavy (non-hydrogen) atoms. The van der Waals surface area contributed by atoms with Crippen molar-refractivity contribution < 1.29 is 4.52 Å². The standard InChI is InChI=1S/C17H24N8O.HI/c1-4-18-17(19-9-8-15-21-16(12(2)3)24-26-15)20-11-14-23-22-13-7-5-6-10-25(13)14;/h5-7,10,12H,4,8-9,11H2,1-3H3,(H2,18,19,20);1H. The number of nitrogens with one attached hydrogen (secondary N) is 2. The molecule has 146 valence electrons. The number of nitrogens with zero attached hydrogens (tertiary/aromatic N) is 6. The van der Waals surface area contributed by atoms with Gasteiger partial charge in [-0.1, -0.05) is 25.1 Å². The summed E-state index contributed by atoms with van der Waals surface area (Å²) in [6.45, 7) is 7.94. The van der Waals surface area contributed by atoms with E-state index in [1.54, 1.807) is 0 Å². The minimum atomic E-state index is 0. The van der Waals surface area contributed by atoms with E-state index in [0.29, 0.717) is 31.4 Å². The molecule has 2 N–H and O–H groups in total. The molecule has 3 rings (SSSR count). The summed E-state index contributed by atoms with van der Waals surface area (Å²) in [5.74, 6) is 3.12. The van der Waals surface area contributed by atoms with Crippen molar-refractivity contribution in [2.24, 2.45) is 4.99 Å². The second-order valence-corrected chi connectivity index (χ2v) is 6.12. The number of halogens is 1. The number of rotatable bonds is 7. The number of guanidine groups is 1. The van der Waals surface area contributed by atoms with Gasteiger partial charge in [0.2, 0.25) is 5.89 Å². The van der Waals surface area contributed by atoms with Gasteiger partial charge in [-0.2, -0.15) is 4.98 Å². The molecule has 0 unspecified atom stereocenters. The largest absolute Gasteiger partial charge is 0.357 e. The van der Waals surface area contributed by atoms with E-state index in [0.717, 1.165) is 23.8 Å². The third kappa shape index (κ3) is 5.62. The van der Waals surface area contributed by atoms with E-state index in [2.05, 4.69) is 36.0 Å². The summed E-state index contributed by atoms with van der Waals surface area (Å²) in [4.78, 5) is 8.95. The summed E-state index contributed by atoms with van der Waals surface area (Å²) in [5.41, 5.74) is 0.813. The monoisotopic (exact) mass is 484 g/mol. The van der Waals surface area contributed by atoms with Crippen LogP contribution in [0.1, 0.15) is 44.2 Å². The van der Waals surface area contributed by atoms with Gasteiger partial charge in [-0.05, 0) is 19.1 Å². The summed E-state index contributed by atoms with van der Waals surface area (Å²) in [6.07, 6.45) is 2.57. The van der Waals surface area contributed by atoms with Crippen LogP contribution in [0.2, 0.25) is 0 Å². The Labute approximate surface area is 175 Å². The average Bonchev–Trinajstić information content (AvgIpc) is 3.27. The van der Waals surface area contributed by atoms with Crippen LogP contribution in [0.25, 0.3) is 5.65 Å². The molecule has 3 aromatic rings. The first kappa shape index (κ1) is 21.1. The van der Waals surface area contributed by atoms with Crippen LogP contribution in [0, 0.1) is 0 Å². The van der Waals surface area contributed by atoms with Crippen molar-refractivity contribution in [2.75, 3.05) is 13.1 Å². The van der Waals surface area contributed by atoms with Crippen molar-refractivity contribution in [1.29, 1.82) is 0 Å². The van der Waals surface area contributed by atoms with Gasteiger partial charge in [-0.15, -0.1) is 34.2 Å². The molecule has 3 heterocycles. The van der Waals surface area contributed by atoms with E-state index in [9.17, 15) is 0 Å². The molecule has 0 bridgehead atoms. The molecule has 0 atom stereocenters. The van der Waals surface area contributed by atoms with Crippen LogP contribution in [-0.4, -0.2) is 43.8 Å². The Morgan fingerprint density at radius 2 is 2.11 bits per heavy atom. The van der Waals surface area contributed by atoms with Gasteiger partial charge in [0, 0.05) is 31.6 Å². The first-order valence-corrected chi connectivity index (χ1v) is 8.80. The first-order chi connectivity index (χ1) is 12.7. The Bertz CT molecular complexity index is 873. The van der Waals surface area contributed by atoms with Crippen molar-refractivity contribution in [3.63, 3.8) is 0 Å². The van der Waals surface area contributed by atoms with E-state index in [1.165, 1.54) is 0 Å². The summed E-state index contributed by atoms with van der Waals surface area (Å²) in [7, 11) is 0. The number of aromatic nitrogens is 5. The zero-order chi connectivity index (χ0) is 18.4. The van der Waals surface area contributed by atoms with Gasteiger partial charge in [-0.25, -0.2) is 4.99 Å². The predicted octanol–water partition coefficient (Wildman–Crippen LogP) is 2.15. The lowest BCUT2D eigenvalue weighted by atomic mass is 10.2. The summed E-state index contributed by atoms with van der Waals surface area (Å²) >= 11 is 0. The second kappa shape index (κ2) is 10.2. The highest BCUT2D eigenvalue weighted by atomic mass is 127. The third-order valence-electron chi connectivity index (χ3n) is 3.74. The van der Waals surface area contributed by atoms with E-state index in [4.69, 9.17) is 4.52 Å². The second-order valence-electron chi connectivity index (χ2n) is 6.12.